The maximum absolute atomic E-state index is 12.2. The van der Waals surface area contributed by atoms with Crippen molar-refractivity contribution in [2.75, 3.05) is 13.6 Å². The number of nitrogens with zero attached hydrogens (tertiary/aromatic N) is 3. The van der Waals surface area contributed by atoms with Crippen molar-refractivity contribution in [1.29, 1.82) is 0 Å². The van der Waals surface area contributed by atoms with Crippen LogP contribution in [0.4, 0.5) is 0 Å². The summed E-state index contributed by atoms with van der Waals surface area (Å²) < 4.78 is 0. The van der Waals surface area contributed by atoms with Gasteiger partial charge in [-0.2, -0.15) is 0 Å². The van der Waals surface area contributed by atoms with E-state index in [0.29, 0.717) is 17.1 Å². The molecule has 1 amide bonds. The van der Waals surface area contributed by atoms with E-state index in [1.165, 1.54) is 7.05 Å². The molecule has 0 saturated heterocycles. The maximum Gasteiger partial charge on any atom is 0.323 e. The lowest BCUT2D eigenvalue weighted by Gasteiger charge is -2.15. The summed E-state index contributed by atoms with van der Waals surface area (Å²) in [7, 11) is 1.37. The molecule has 8 heteroatoms. The maximum atomic E-state index is 12.2. The van der Waals surface area contributed by atoms with E-state index >= 15 is 0 Å². The number of amides is 1. The van der Waals surface area contributed by atoms with Gasteiger partial charge in [0.2, 0.25) is 5.91 Å². The molecule has 120 valence electrons. The van der Waals surface area contributed by atoms with Gasteiger partial charge >= 0.3 is 5.97 Å². The number of carboxylic acid groups (broad SMARTS) is 1. The number of carbonyl (C=O) groups is 2. The van der Waals surface area contributed by atoms with Crippen molar-refractivity contribution < 1.29 is 14.7 Å². The molecule has 2 aromatic rings. The Morgan fingerprint density at radius 1 is 1.30 bits per heavy atom. The number of nitrogens with one attached hydrogen (secondary N) is 1. The Labute approximate surface area is 131 Å². The Balaban J connectivity index is 2.26. The van der Waals surface area contributed by atoms with Gasteiger partial charge in [-0.1, -0.05) is 0 Å². The topological polar surface area (TPSA) is 116 Å². The van der Waals surface area contributed by atoms with Gasteiger partial charge in [-0.15, -0.1) is 0 Å². The molecule has 8 nitrogen and oxygen atoms in total. The molecule has 0 atom stereocenters. The molecule has 0 radical (unpaired) electrons. The molecule has 0 aromatic carbocycles. The van der Waals surface area contributed by atoms with Gasteiger partial charge in [-0.25, -0.2) is 4.98 Å². The van der Waals surface area contributed by atoms with Crippen LogP contribution in [0.2, 0.25) is 0 Å². The summed E-state index contributed by atoms with van der Waals surface area (Å²) in [6, 6.07) is 3.42. The van der Waals surface area contributed by atoms with Gasteiger partial charge in [0.15, 0.2) is 0 Å². The van der Waals surface area contributed by atoms with Gasteiger partial charge in [0, 0.05) is 36.3 Å². The molecule has 2 rings (SSSR count). The third kappa shape index (κ3) is 4.00. The van der Waals surface area contributed by atoms with E-state index in [1.54, 1.807) is 31.5 Å². The van der Waals surface area contributed by atoms with E-state index in [-0.39, 0.29) is 12.0 Å². The number of pyridine rings is 1. The second kappa shape index (κ2) is 6.82. The van der Waals surface area contributed by atoms with Crippen LogP contribution >= 0.6 is 0 Å². The molecule has 2 aromatic heterocycles. The second-order valence-electron chi connectivity index (χ2n) is 5.03. The zero-order valence-corrected chi connectivity index (χ0v) is 12.7. The number of H-pyrrole nitrogens is 1. The van der Waals surface area contributed by atoms with Crippen molar-refractivity contribution >= 4 is 11.9 Å². The van der Waals surface area contributed by atoms with Crippen molar-refractivity contribution in [2.45, 2.75) is 13.3 Å². The number of aliphatic carboxylic acids is 1. The number of carbonyl (C=O) groups excluding carboxylic acids is 1. The molecule has 23 heavy (non-hydrogen) atoms. The highest BCUT2D eigenvalue weighted by atomic mass is 16.4. The summed E-state index contributed by atoms with van der Waals surface area (Å²) in [5.41, 5.74) is 0.949. The van der Waals surface area contributed by atoms with Gasteiger partial charge in [0.1, 0.15) is 12.4 Å². The lowest BCUT2D eigenvalue weighted by Crippen LogP contribution is -2.34. The number of aromatic nitrogens is 3. The van der Waals surface area contributed by atoms with E-state index < -0.39 is 24.0 Å². The first-order valence-electron chi connectivity index (χ1n) is 6.84. The number of hydrogen-bond donors (Lipinski definition) is 2. The highest BCUT2D eigenvalue weighted by Gasteiger charge is 2.17. The quantitative estimate of drug-likeness (QED) is 0.815. The molecule has 0 bridgehead atoms. The van der Waals surface area contributed by atoms with Crippen molar-refractivity contribution in [3.05, 3.63) is 46.1 Å². The summed E-state index contributed by atoms with van der Waals surface area (Å²) in [4.78, 5) is 46.7. The number of hydrogen-bond acceptors (Lipinski definition) is 5. The van der Waals surface area contributed by atoms with E-state index in [0.717, 1.165) is 4.90 Å². The minimum atomic E-state index is -1.11. The monoisotopic (exact) mass is 316 g/mol. The molecule has 2 heterocycles. The van der Waals surface area contributed by atoms with Gasteiger partial charge in [-0.3, -0.25) is 19.4 Å². The summed E-state index contributed by atoms with van der Waals surface area (Å²) in [6.07, 6.45) is 2.97. The lowest BCUT2D eigenvalue weighted by molar-refractivity contribution is -0.143. The summed E-state index contributed by atoms with van der Waals surface area (Å²) >= 11 is 0. The zero-order valence-electron chi connectivity index (χ0n) is 12.7. The van der Waals surface area contributed by atoms with Crippen LogP contribution in [-0.2, 0) is 16.0 Å². The van der Waals surface area contributed by atoms with E-state index in [4.69, 9.17) is 5.11 Å². The van der Waals surface area contributed by atoms with E-state index in [2.05, 4.69) is 15.0 Å². The van der Waals surface area contributed by atoms with Crippen LogP contribution < -0.4 is 5.56 Å². The van der Waals surface area contributed by atoms with Gasteiger partial charge in [-0.05, 0) is 19.1 Å². The fraction of sp³-hybridized carbons (Fsp3) is 0.267. The Bertz CT molecular complexity index is 786. The smallest absolute Gasteiger partial charge is 0.323 e. The van der Waals surface area contributed by atoms with Crippen molar-refractivity contribution in [1.82, 2.24) is 19.9 Å². The molecule has 0 fully saturated rings. The van der Waals surface area contributed by atoms with Crippen molar-refractivity contribution in [2.24, 2.45) is 0 Å². The third-order valence-corrected chi connectivity index (χ3v) is 3.30. The number of aromatic amines is 1. The first kappa shape index (κ1) is 16.3. The summed E-state index contributed by atoms with van der Waals surface area (Å²) in [6.45, 7) is 1.22. The summed E-state index contributed by atoms with van der Waals surface area (Å²) in [5.74, 6) is -1.18. The molecule has 0 saturated carbocycles. The predicted octanol–water partition coefficient (Wildman–Crippen LogP) is 0.226. The minimum Gasteiger partial charge on any atom is -0.480 e. The molecular formula is C15H16N4O4. The number of carboxylic acids is 1. The lowest BCUT2D eigenvalue weighted by atomic mass is 10.1. The van der Waals surface area contributed by atoms with E-state index in [9.17, 15) is 14.4 Å². The first-order valence-corrected chi connectivity index (χ1v) is 6.84. The van der Waals surface area contributed by atoms with Crippen LogP contribution in [0.1, 0.15) is 11.3 Å². The third-order valence-electron chi connectivity index (χ3n) is 3.30. The van der Waals surface area contributed by atoms with Crippen molar-refractivity contribution in [3.63, 3.8) is 0 Å². The van der Waals surface area contributed by atoms with Gasteiger partial charge in [0.05, 0.1) is 6.42 Å². The van der Waals surface area contributed by atoms with Crippen LogP contribution in [0.5, 0.6) is 0 Å². The fourth-order valence-corrected chi connectivity index (χ4v) is 2.04. The van der Waals surface area contributed by atoms with Crippen LogP contribution in [0.3, 0.4) is 0 Å². The van der Waals surface area contributed by atoms with Crippen LogP contribution in [0.25, 0.3) is 11.4 Å². The molecule has 0 spiro atoms. The number of likely N-dealkylation sites (N-methyl/N-ethyl adjacent to an activating group) is 1. The molecular weight excluding hydrogens is 300 g/mol. The largest absolute Gasteiger partial charge is 0.480 e. The van der Waals surface area contributed by atoms with Crippen molar-refractivity contribution in [3.8, 4) is 11.4 Å². The highest BCUT2D eigenvalue weighted by molar-refractivity contribution is 5.82. The van der Waals surface area contributed by atoms with Crippen LogP contribution in [0, 0.1) is 6.92 Å². The fourth-order valence-electron chi connectivity index (χ4n) is 2.04. The molecule has 0 aliphatic heterocycles. The molecule has 2 N–H and O–H groups in total. The molecule has 0 aliphatic rings. The predicted molar refractivity (Wildman–Crippen MR) is 81.8 cm³/mol. The number of aryl methyl sites for hydroxylation is 1. The van der Waals surface area contributed by atoms with Crippen LogP contribution in [0.15, 0.2) is 29.3 Å². The zero-order chi connectivity index (χ0) is 17.0. The SMILES string of the molecule is Cc1nc(-c2ccncc2)[nH]c(=O)c1CC(=O)N(C)CC(=O)O. The first-order chi connectivity index (χ1) is 10.9. The standard InChI is InChI=1S/C15H16N4O4/c1-9-11(7-12(20)19(2)8-13(21)22)15(23)18-14(17-9)10-3-5-16-6-4-10/h3-6H,7-8H2,1-2H3,(H,21,22)(H,17,18,23). The van der Waals surface area contributed by atoms with Gasteiger partial charge < -0.3 is 15.0 Å². The Hall–Kier alpha value is -3.03. The van der Waals surface area contributed by atoms with E-state index in [1.807, 2.05) is 0 Å². The molecule has 0 unspecified atom stereocenters. The Morgan fingerprint density at radius 3 is 2.52 bits per heavy atom. The average Bonchev–Trinajstić information content (AvgIpc) is 2.50. The molecule has 0 aliphatic carbocycles. The normalized spacial score (nSPS) is 10.3. The highest BCUT2D eigenvalue weighted by Crippen LogP contribution is 2.13. The minimum absolute atomic E-state index is 0.200. The number of rotatable bonds is 5. The Morgan fingerprint density at radius 2 is 1.96 bits per heavy atom. The van der Waals surface area contributed by atoms with Crippen LogP contribution in [-0.4, -0.2) is 50.4 Å². The average molecular weight is 316 g/mol. The van der Waals surface area contributed by atoms with Gasteiger partial charge in [0.25, 0.3) is 5.56 Å². The Kier molecular flexibility index (Phi) is 4.85. The second-order valence-corrected chi connectivity index (χ2v) is 5.03. The summed E-state index contributed by atoms with van der Waals surface area (Å²) in [5, 5.41) is 8.69.